The van der Waals surface area contributed by atoms with Crippen LogP contribution in [0, 0.1) is 0 Å². The summed E-state index contributed by atoms with van der Waals surface area (Å²) < 4.78 is 27.4. The van der Waals surface area contributed by atoms with E-state index >= 15 is 0 Å². The molecular weight excluding hydrogens is 271 g/mol. The molecule has 1 unspecified atom stereocenters. The number of ether oxygens (including phenoxy) is 1. The number of anilines is 1. The zero-order chi connectivity index (χ0) is 13.8. The summed E-state index contributed by atoms with van der Waals surface area (Å²) in [6, 6.07) is 6.37. The first kappa shape index (κ1) is 14.4. The second-order valence-corrected chi connectivity index (χ2v) is 4.81. The van der Waals surface area contributed by atoms with E-state index in [2.05, 4.69) is 0 Å². The molecule has 1 atom stereocenters. The van der Waals surface area contributed by atoms with Crippen LogP contribution in [0.15, 0.2) is 24.3 Å². The van der Waals surface area contributed by atoms with Crippen LogP contribution in [0.3, 0.4) is 0 Å². The van der Waals surface area contributed by atoms with Crippen molar-refractivity contribution in [1.29, 1.82) is 0 Å². The normalized spacial score (nSPS) is 18.1. The average molecular weight is 286 g/mol. The lowest BCUT2D eigenvalue weighted by Crippen LogP contribution is -2.52. The van der Waals surface area contributed by atoms with E-state index in [1.807, 2.05) is 0 Å². The van der Waals surface area contributed by atoms with E-state index in [1.54, 1.807) is 23.2 Å². The van der Waals surface area contributed by atoms with Crippen molar-refractivity contribution in [2.45, 2.75) is 0 Å². The predicted molar refractivity (Wildman–Crippen MR) is 71.9 cm³/mol. The maximum absolute atomic E-state index is 11.6. The molecule has 0 aliphatic carbocycles. The van der Waals surface area contributed by atoms with Crippen LogP contribution in [0.5, 0.6) is 0 Å². The third-order valence-electron chi connectivity index (χ3n) is 2.81. The Hall–Kier alpha value is -0.965. The van der Waals surface area contributed by atoms with Crippen LogP contribution < -0.4 is 9.88 Å². The Balaban J connectivity index is 2.36. The number of hydrogen-bond donors (Lipinski definition) is 3. The number of rotatable bonds is 4. The molecule has 1 aromatic carbocycles. The molecule has 0 radical (unpaired) electrons. The summed E-state index contributed by atoms with van der Waals surface area (Å²) in [4.78, 5) is 0. The van der Waals surface area contributed by atoms with Crippen molar-refractivity contribution in [3.8, 4) is 0 Å². The lowest BCUT2D eigenvalue weighted by molar-refractivity contribution is 0.0408. The molecule has 0 amide bonds. The molecule has 9 heteroatoms. The van der Waals surface area contributed by atoms with Gasteiger partial charge in [-0.1, -0.05) is 18.2 Å². The summed E-state index contributed by atoms with van der Waals surface area (Å²) in [6.45, 7) is 1.83. The molecule has 0 bridgehead atoms. The van der Waals surface area contributed by atoms with Crippen LogP contribution in [0.2, 0.25) is 0 Å². The average Bonchev–Trinajstić information content (AvgIpc) is 2.40. The Labute approximate surface area is 113 Å². The van der Waals surface area contributed by atoms with Crippen molar-refractivity contribution in [2.75, 3.05) is 30.7 Å². The van der Waals surface area contributed by atoms with E-state index in [-0.39, 0.29) is 5.46 Å². The van der Waals surface area contributed by atoms with E-state index in [0.29, 0.717) is 32.0 Å². The van der Waals surface area contributed by atoms with Crippen LogP contribution in [-0.4, -0.2) is 57.2 Å². The zero-order valence-electron chi connectivity index (χ0n) is 10.2. The van der Waals surface area contributed by atoms with Gasteiger partial charge in [-0.05, 0) is 6.07 Å². The molecule has 0 saturated carbocycles. The molecule has 104 valence electrons. The van der Waals surface area contributed by atoms with Crippen molar-refractivity contribution >= 4 is 29.5 Å². The standard InChI is InChI=1S/C10H15BN2O5S/c14-11(15)9-3-1-2-4-10(9)13(19(16)17)12-5-7-18-8-6-12/h1-4,14-15H,5-8H2,(H,16,17). The number of hydrazine groups is 1. The highest BCUT2D eigenvalue weighted by atomic mass is 32.2. The summed E-state index contributed by atoms with van der Waals surface area (Å²) in [7, 11) is -1.71. The number of hydrogen-bond acceptors (Lipinski definition) is 5. The highest BCUT2D eigenvalue weighted by Crippen LogP contribution is 2.17. The minimum atomic E-state index is -2.30. The van der Waals surface area contributed by atoms with Crippen molar-refractivity contribution in [1.82, 2.24) is 5.01 Å². The molecule has 1 saturated heterocycles. The number of para-hydroxylation sites is 1. The number of benzene rings is 1. The van der Waals surface area contributed by atoms with Crippen LogP contribution in [0.1, 0.15) is 0 Å². The molecule has 7 nitrogen and oxygen atoms in total. The van der Waals surface area contributed by atoms with Gasteiger partial charge in [0.25, 0.3) is 11.3 Å². The van der Waals surface area contributed by atoms with Gasteiger partial charge < -0.3 is 14.8 Å². The molecule has 3 N–H and O–H groups in total. The molecular formula is C10H15BN2O5S. The van der Waals surface area contributed by atoms with E-state index in [1.165, 1.54) is 6.07 Å². The molecule has 1 aliphatic heterocycles. The number of nitrogens with zero attached hydrogens (tertiary/aromatic N) is 2. The van der Waals surface area contributed by atoms with Gasteiger partial charge in [0.1, 0.15) is 0 Å². The van der Waals surface area contributed by atoms with E-state index in [4.69, 9.17) is 4.74 Å². The largest absolute Gasteiger partial charge is 0.490 e. The van der Waals surface area contributed by atoms with Crippen LogP contribution in [0.25, 0.3) is 0 Å². The highest BCUT2D eigenvalue weighted by Gasteiger charge is 2.28. The maximum Gasteiger partial charge on any atom is 0.490 e. The Morgan fingerprint density at radius 1 is 1.26 bits per heavy atom. The third kappa shape index (κ3) is 3.32. The van der Waals surface area contributed by atoms with Gasteiger partial charge in [0.2, 0.25) is 0 Å². The summed E-state index contributed by atoms with van der Waals surface area (Å²) in [5, 5.41) is 20.3. The Morgan fingerprint density at radius 3 is 2.47 bits per heavy atom. The first-order valence-electron chi connectivity index (χ1n) is 5.80. The molecule has 1 heterocycles. The van der Waals surface area contributed by atoms with Crippen LogP contribution in [-0.2, 0) is 16.0 Å². The van der Waals surface area contributed by atoms with Gasteiger partial charge in [-0.3, -0.25) is 4.55 Å². The van der Waals surface area contributed by atoms with Crippen LogP contribution >= 0.6 is 0 Å². The van der Waals surface area contributed by atoms with E-state index in [0.717, 1.165) is 4.41 Å². The monoisotopic (exact) mass is 286 g/mol. The van der Waals surface area contributed by atoms with Gasteiger partial charge in [0.15, 0.2) is 0 Å². The quantitative estimate of drug-likeness (QED) is 0.463. The Bertz CT molecular complexity index is 455. The van der Waals surface area contributed by atoms with Crippen molar-refractivity contribution in [3.05, 3.63) is 24.3 Å². The fourth-order valence-corrected chi connectivity index (χ4v) is 2.65. The Morgan fingerprint density at radius 2 is 1.89 bits per heavy atom. The molecule has 2 rings (SSSR count). The van der Waals surface area contributed by atoms with Gasteiger partial charge in [0, 0.05) is 18.6 Å². The van der Waals surface area contributed by atoms with Gasteiger partial charge in [0.05, 0.1) is 18.9 Å². The maximum atomic E-state index is 11.6. The smallest absolute Gasteiger partial charge is 0.423 e. The molecule has 1 fully saturated rings. The molecule has 0 aromatic heterocycles. The molecule has 1 aliphatic rings. The lowest BCUT2D eigenvalue weighted by atomic mass is 9.79. The van der Waals surface area contributed by atoms with Gasteiger partial charge >= 0.3 is 7.12 Å². The molecule has 1 aromatic rings. The highest BCUT2D eigenvalue weighted by molar-refractivity contribution is 7.80. The van der Waals surface area contributed by atoms with E-state index < -0.39 is 18.4 Å². The molecule has 19 heavy (non-hydrogen) atoms. The van der Waals surface area contributed by atoms with Gasteiger partial charge in [-0.2, -0.15) is 4.41 Å². The second kappa shape index (κ2) is 6.46. The van der Waals surface area contributed by atoms with Gasteiger partial charge in [-0.25, -0.2) is 9.22 Å². The molecule has 0 spiro atoms. The first-order valence-corrected chi connectivity index (χ1v) is 6.86. The minimum Gasteiger partial charge on any atom is -0.423 e. The summed E-state index contributed by atoms with van der Waals surface area (Å²) in [5.41, 5.74) is 0.469. The fraction of sp³-hybridized carbons (Fsp3) is 0.400. The minimum absolute atomic E-state index is 0.177. The topological polar surface area (TPSA) is 93.5 Å². The second-order valence-electron chi connectivity index (χ2n) is 4.00. The zero-order valence-corrected chi connectivity index (χ0v) is 11.0. The Kier molecular flexibility index (Phi) is 4.91. The van der Waals surface area contributed by atoms with Crippen molar-refractivity contribution in [3.63, 3.8) is 0 Å². The summed E-state index contributed by atoms with van der Waals surface area (Å²) in [5.74, 6) is 0. The summed E-state index contributed by atoms with van der Waals surface area (Å²) in [6.07, 6.45) is 0. The summed E-state index contributed by atoms with van der Waals surface area (Å²) >= 11 is -2.30. The first-order chi connectivity index (χ1) is 9.11. The van der Waals surface area contributed by atoms with Crippen molar-refractivity contribution in [2.24, 2.45) is 0 Å². The SMILES string of the molecule is O=S(O)N(c1ccccc1B(O)O)N1CCOCC1. The fourth-order valence-electron chi connectivity index (χ4n) is 1.95. The number of morpholine rings is 1. The predicted octanol–water partition coefficient (Wildman–Crippen LogP) is -1.44. The van der Waals surface area contributed by atoms with E-state index in [9.17, 15) is 18.8 Å². The van der Waals surface area contributed by atoms with Gasteiger partial charge in [-0.15, -0.1) is 0 Å². The van der Waals surface area contributed by atoms with Crippen molar-refractivity contribution < 1.29 is 23.5 Å². The third-order valence-corrected chi connectivity index (χ3v) is 3.54. The van der Waals surface area contributed by atoms with Crippen LogP contribution in [0.4, 0.5) is 5.69 Å². The lowest BCUT2D eigenvalue weighted by Gasteiger charge is -2.36.